The molecule has 1 aliphatic rings. The standard InChI is InChI=1S/C24H32O4Si/c1-17-21(25)15-18(23(26)27)16-22(17)28-29(24(2,3)4,19-11-7-5-8-12-19)20-13-9-6-10-14-20/h5-14,17-18,21-22,25H,15-16H2,1-4H3,(H,26,27)/t17-,18+,21+,22+/m1/s1. The van der Waals surface area contributed by atoms with E-state index in [4.69, 9.17) is 4.43 Å². The first-order valence-electron chi connectivity index (χ1n) is 10.4. The van der Waals surface area contributed by atoms with Crippen molar-refractivity contribution in [2.24, 2.45) is 11.8 Å². The quantitative estimate of drug-likeness (QED) is 0.739. The highest BCUT2D eigenvalue weighted by Crippen LogP contribution is 2.41. The average Bonchev–Trinajstić information content (AvgIpc) is 2.69. The first-order valence-corrected chi connectivity index (χ1v) is 12.3. The molecule has 156 valence electrons. The van der Waals surface area contributed by atoms with Crippen LogP contribution in [0, 0.1) is 11.8 Å². The van der Waals surface area contributed by atoms with Crippen molar-refractivity contribution in [3.63, 3.8) is 0 Å². The molecule has 0 radical (unpaired) electrons. The summed E-state index contributed by atoms with van der Waals surface area (Å²) < 4.78 is 7.09. The van der Waals surface area contributed by atoms with Crippen LogP contribution in [0.25, 0.3) is 0 Å². The molecule has 1 saturated carbocycles. The summed E-state index contributed by atoms with van der Waals surface area (Å²) in [5.74, 6) is -1.55. The van der Waals surface area contributed by atoms with Gasteiger partial charge in [-0.3, -0.25) is 4.79 Å². The molecule has 0 saturated heterocycles. The SMILES string of the molecule is C[C@H]1[C@@H](O[Si](c2ccccc2)(c2ccccc2)C(C)(C)C)C[C@@H](C(=O)O)C[C@@H]1O. The molecule has 2 aromatic rings. The number of aliphatic carboxylic acids is 1. The van der Waals surface area contributed by atoms with Crippen LogP contribution in [0.15, 0.2) is 60.7 Å². The zero-order valence-electron chi connectivity index (χ0n) is 17.7. The molecular formula is C24H32O4Si. The van der Waals surface area contributed by atoms with E-state index in [1.54, 1.807) is 0 Å². The first-order chi connectivity index (χ1) is 13.7. The molecule has 1 fully saturated rings. The number of carboxylic acid groups (broad SMARTS) is 1. The fourth-order valence-electron chi connectivity index (χ4n) is 4.62. The predicted octanol–water partition coefficient (Wildman–Crippen LogP) is 3.42. The highest BCUT2D eigenvalue weighted by molar-refractivity contribution is 6.99. The van der Waals surface area contributed by atoms with Gasteiger partial charge in [0, 0.05) is 5.92 Å². The lowest BCUT2D eigenvalue weighted by molar-refractivity contribution is -0.147. The molecule has 4 nitrogen and oxygen atoms in total. The van der Waals surface area contributed by atoms with Gasteiger partial charge in [0.25, 0.3) is 8.32 Å². The van der Waals surface area contributed by atoms with E-state index in [2.05, 4.69) is 45.0 Å². The maximum absolute atomic E-state index is 11.7. The maximum atomic E-state index is 11.7. The van der Waals surface area contributed by atoms with Gasteiger partial charge in [-0.25, -0.2) is 0 Å². The number of carbonyl (C=O) groups is 1. The Kier molecular flexibility index (Phi) is 6.32. The van der Waals surface area contributed by atoms with Crippen molar-refractivity contribution < 1.29 is 19.4 Å². The first kappa shape index (κ1) is 21.7. The summed E-state index contributed by atoms with van der Waals surface area (Å²) in [6.45, 7) is 8.60. The third-order valence-corrected chi connectivity index (χ3v) is 11.4. The third-order valence-electron chi connectivity index (χ3n) is 6.33. The van der Waals surface area contributed by atoms with Gasteiger partial charge in [0.15, 0.2) is 0 Å². The minimum absolute atomic E-state index is 0.118. The molecule has 0 unspecified atom stereocenters. The van der Waals surface area contributed by atoms with Crippen molar-refractivity contribution in [1.29, 1.82) is 0 Å². The minimum atomic E-state index is -2.78. The van der Waals surface area contributed by atoms with Crippen LogP contribution in [0.2, 0.25) is 5.04 Å². The van der Waals surface area contributed by atoms with Crippen molar-refractivity contribution in [3.05, 3.63) is 60.7 Å². The zero-order chi connectivity index (χ0) is 21.2. The van der Waals surface area contributed by atoms with Crippen LogP contribution in [0.4, 0.5) is 0 Å². The van der Waals surface area contributed by atoms with Crippen molar-refractivity contribution >= 4 is 24.7 Å². The van der Waals surface area contributed by atoms with Crippen molar-refractivity contribution in [3.8, 4) is 0 Å². The van der Waals surface area contributed by atoms with Crippen LogP contribution in [0.1, 0.15) is 40.5 Å². The molecule has 0 amide bonds. The molecule has 0 heterocycles. The molecule has 0 bridgehead atoms. The number of aliphatic hydroxyl groups is 1. The summed E-state index contributed by atoms with van der Waals surface area (Å²) in [5.41, 5.74) is 0. The van der Waals surface area contributed by atoms with Gasteiger partial charge in [-0.05, 0) is 28.3 Å². The molecule has 1 aliphatic carbocycles. The summed E-state index contributed by atoms with van der Waals surface area (Å²) in [6, 6.07) is 20.7. The molecular weight excluding hydrogens is 380 g/mol. The predicted molar refractivity (Wildman–Crippen MR) is 118 cm³/mol. The summed E-state index contributed by atoms with van der Waals surface area (Å²) in [5, 5.41) is 22.3. The zero-order valence-corrected chi connectivity index (χ0v) is 18.7. The van der Waals surface area contributed by atoms with Gasteiger partial charge in [-0.1, -0.05) is 88.4 Å². The Balaban J connectivity index is 2.14. The second-order valence-corrected chi connectivity index (χ2v) is 13.5. The fourth-order valence-corrected chi connectivity index (χ4v) is 9.40. The highest BCUT2D eigenvalue weighted by atomic mass is 28.4. The largest absolute Gasteiger partial charge is 0.481 e. The molecule has 0 aliphatic heterocycles. The Bertz CT molecular complexity index is 776. The molecule has 5 heteroatoms. The van der Waals surface area contributed by atoms with Crippen LogP contribution in [-0.2, 0) is 9.22 Å². The molecule has 3 rings (SSSR count). The van der Waals surface area contributed by atoms with E-state index in [9.17, 15) is 15.0 Å². The van der Waals surface area contributed by atoms with Crippen molar-refractivity contribution in [1.82, 2.24) is 0 Å². The summed E-state index contributed by atoms with van der Waals surface area (Å²) >= 11 is 0. The van der Waals surface area contributed by atoms with Gasteiger partial charge < -0.3 is 14.6 Å². The Morgan fingerprint density at radius 1 is 0.966 bits per heavy atom. The molecule has 4 atom stereocenters. The Hall–Kier alpha value is -1.95. The van der Waals surface area contributed by atoms with Crippen molar-refractivity contribution in [2.45, 2.75) is 57.8 Å². The Labute approximate surface area is 174 Å². The lowest BCUT2D eigenvalue weighted by Crippen LogP contribution is -2.68. The third kappa shape index (κ3) is 4.18. The van der Waals surface area contributed by atoms with E-state index >= 15 is 0 Å². The number of hydrogen-bond acceptors (Lipinski definition) is 3. The van der Waals surface area contributed by atoms with Gasteiger partial charge in [0.05, 0.1) is 18.1 Å². The van der Waals surface area contributed by atoms with Gasteiger partial charge in [0.1, 0.15) is 0 Å². The summed E-state index contributed by atoms with van der Waals surface area (Å²) in [6.07, 6.45) is -0.269. The second-order valence-electron chi connectivity index (χ2n) is 9.25. The topological polar surface area (TPSA) is 66.8 Å². The van der Waals surface area contributed by atoms with Gasteiger partial charge in [-0.15, -0.1) is 0 Å². The molecule has 2 N–H and O–H groups in total. The molecule has 0 spiro atoms. The van der Waals surface area contributed by atoms with Gasteiger partial charge in [0.2, 0.25) is 0 Å². The summed E-state index contributed by atoms with van der Waals surface area (Å²) in [4.78, 5) is 11.7. The normalized spacial score (nSPS) is 25.6. The second kappa shape index (κ2) is 8.42. The fraction of sp³-hybridized carbons (Fsp3) is 0.458. The van der Waals surface area contributed by atoms with E-state index in [-0.39, 0.29) is 23.5 Å². The number of carboxylic acids is 1. The van der Waals surface area contributed by atoms with Crippen LogP contribution >= 0.6 is 0 Å². The minimum Gasteiger partial charge on any atom is -0.481 e. The van der Waals surface area contributed by atoms with Crippen LogP contribution in [0.5, 0.6) is 0 Å². The van der Waals surface area contributed by atoms with Crippen LogP contribution in [-0.4, -0.2) is 36.7 Å². The average molecular weight is 413 g/mol. The number of rotatable bonds is 5. The van der Waals surface area contributed by atoms with Crippen LogP contribution < -0.4 is 10.4 Å². The maximum Gasteiger partial charge on any atom is 0.306 e. The smallest absolute Gasteiger partial charge is 0.306 e. The van der Waals surface area contributed by atoms with E-state index in [0.29, 0.717) is 6.42 Å². The number of hydrogen-bond donors (Lipinski definition) is 2. The molecule has 0 aromatic heterocycles. The lowest BCUT2D eigenvalue weighted by atomic mass is 9.79. The van der Waals surface area contributed by atoms with Gasteiger partial charge in [-0.2, -0.15) is 0 Å². The highest BCUT2D eigenvalue weighted by Gasteiger charge is 2.53. The molecule has 2 aromatic carbocycles. The number of benzene rings is 2. The van der Waals surface area contributed by atoms with Crippen molar-refractivity contribution in [2.75, 3.05) is 0 Å². The Morgan fingerprint density at radius 3 is 1.86 bits per heavy atom. The van der Waals surface area contributed by atoms with E-state index < -0.39 is 26.3 Å². The monoisotopic (exact) mass is 412 g/mol. The molecule has 29 heavy (non-hydrogen) atoms. The van der Waals surface area contributed by atoms with E-state index in [1.165, 1.54) is 0 Å². The van der Waals surface area contributed by atoms with E-state index in [0.717, 1.165) is 10.4 Å². The van der Waals surface area contributed by atoms with Gasteiger partial charge >= 0.3 is 5.97 Å². The number of aliphatic hydroxyl groups excluding tert-OH is 1. The van der Waals surface area contributed by atoms with E-state index in [1.807, 2.05) is 43.3 Å². The van der Waals surface area contributed by atoms with Crippen LogP contribution in [0.3, 0.4) is 0 Å². The Morgan fingerprint density at radius 2 is 1.45 bits per heavy atom. The lowest BCUT2D eigenvalue weighted by Gasteiger charge is -2.48. The summed E-state index contributed by atoms with van der Waals surface area (Å²) in [7, 11) is -2.78.